The monoisotopic (exact) mass is 448 g/mol. The van der Waals surface area contributed by atoms with E-state index in [4.69, 9.17) is 21.0 Å². The third-order valence-electron chi connectivity index (χ3n) is 5.79. The first kappa shape index (κ1) is 20.8. The van der Waals surface area contributed by atoms with Crippen molar-refractivity contribution in [3.05, 3.63) is 88.6 Å². The first-order valence-electron chi connectivity index (χ1n) is 10.8. The molecule has 0 spiro atoms. The molecule has 1 fully saturated rings. The van der Waals surface area contributed by atoms with Crippen LogP contribution in [0.3, 0.4) is 0 Å². The van der Waals surface area contributed by atoms with Crippen LogP contribution in [0, 0.1) is 0 Å². The number of nitrogens with one attached hydrogen (secondary N) is 1. The van der Waals surface area contributed by atoms with Gasteiger partial charge in [-0.15, -0.1) is 0 Å². The Labute approximate surface area is 191 Å². The van der Waals surface area contributed by atoms with Gasteiger partial charge in [0.15, 0.2) is 0 Å². The van der Waals surface area contributed by atoms with Crippen molar-refractivity contribution >= 4 is 28.5 Å². The summed E-state index contributed by atoms with van der Waals surface area (Å²) >= 11 is 6.15. The topological polar surface area (TPSA) is 63.3 Å². The van der Waals surface area contributed by atoms with Crippen LogP contribution in [0.4, 0.5) is 0 Å². The number of carbonyl (C=O) groups is 1. The van der Waals surface area contributed by atoms with Gasteiger partial charge in [0.2, 0.25) is 0 Å². The molecule has 1 aliphatic carbocycles. The van der Waals surface area contributed by atoms with Gasteiger partial charge in [0.05, 0.1) is 30.4 Å². The minimum absolute atomic E-state index is 0.00449. The molecule has 0 aliphatic heterocycles. The van der Waals surface area contributed by atoms with Crippen molar-refractivity contribution in [2.24, 2.45) is 7.05 Å². The second-order valence-electron chi connectivity index (χ2n) is 8.39. The normalized spacial score (nSPS) is 13.7. The molecule has 2 heterocycles. The van der Waals surface area contributed by atoms with E-state index in [-0.39, 0.29) is 5.91 Å². The highest BCUT2D eigenvalue weighted by Crippen LogP contribution is 2.22. The number of aromatic nitrogens is 2. The van der Waals surface area contributed by atoms with Gasteiger partial charge < -0.3 is 14.3 Å². The average Bonchev–Trinajstić information content (AvgIpc) is 3.34. The second-order valence-corrected chi connectivity index (χ2v) is 8.83. The molecule has 6 nitrogen and oxygen atoms in total. The van der Waals surface area contributed by atoms with E-state index in [2.05, 4.69) is 14.8 Å². The molecule has 0 unspecified atom stereocenters. The van der Waals surface area contributed by atoms with Gasteiger partial charge in [0.25, 0.3) is 5.91 Å². The Balaban J connectivity index is 1.35. The summed E-state index contributed by atoms with van der Waals surface area (Å²) in [5, 5.41) is 3.71. The molecular weight excluding hydrogens is 424 g/mol. The summed E-state index contributed by atoms with van der Waals surface area (Å²) in [4.78, 5) is 19.4. The number of imidazole rings is 1. The van der Waals surface area contributed by atoms with Crippen molar-refractivity contribution in [3.8, 4) is 0 Å². The van der Waals surface area contributed by atoms with Gasteiger partial charge in [0, 0.05) is 30.2 Å². The maximum Gasteiger partial charge on any atom is 0.251 e. The first-order chi connectivity index (χ1) is 15.5. The van der Waals surface area contributed by atoms with Gasteiger partial charge in [-0.2, -0.15) is 0 Å². The molecule has 0 radical (unpaired) electrons. The number of benzene rings is 2. The molecule has 0 saturated heterocycles. The molecular formula is C25H25ClN4O2. The van der Waals surface area contributed by atoms with Crippen LogP contribution in [0.15, 0.2) is 65.3 Å². The summed E-state index contributed by atoms with van der Waals surface area (Å²) in [7, 11) is 2.02. The molecule has 2 aromatic heterocycles. The highest BCUT2D eigenvalue weighted by Gasteiger charge is 2.23. The highest BCUT2D eigenvalue weighted by atomic mass is 35.5. The molecule has 1 aliphatic rings. The molecule has 1 N–H and O–H groups in total. The van der Waals surface area contributed by atoms with E-state index in [1.165, 1.54) is 0 Å². The van der Waals surface area contributed by atoms with Crippen molar-refractivity contribution < 1.29 is 9.21 Å². The number of carbonyl (C=O) groups excluding carboxylic acids is 1. The molecule has 1 saturated carbocycles. The summed E-state index contributed by atoms with van der Waals surface area (Å²) in [6.07, 6.45) is 3.86. The number of aryl methyl sites for hydroxylation is 1. The number of halogens is 1. The van der Waals surface area contributed by atoms with E-state index in [0.717, 1.165) is 41.0 Å². The lowest BCUT2D eigenvalue weighted by atomic mass is 10.1. The zero-order valence-electron chi connectivity index (χ0n) is 17.9. The molecule has 4 aromatic rings. The summed E-state index contributed by atoms with van der Waals surface area (Å²) in [5.74, 6) is 1.85. The van der Waals surface area contributed by atoms with Crippen molar-refractivity contribution in [2.75, 3.05) is 0 Å². The number of amides is 1. The zero-order valence-corrected chi connectivity index (χ0v) is 18.7. The Hall–Kier alpha value is -3.09. The molecule has 0 bridgehead atoms. The minimum atomic E-state index is 0.00449. The SMILES string of the molecule is Cn1c(CN(Cc2ccc(C(=O)NC3CC3)cc2)Cc2ccco2)nc2cc(Cl)ccc21. The lowest BCUT2D eigenvalue weighted by molar-refractivity contribution is 0.0951. The Kier molecular flexibility index (Phi) is 5.72. The second kappa shape index (κ2) is 8.81. The quantitative estimate of drug-likeness (QED) is 0.416. The van der Waals surface area contributed by atoms with Crippen LogP contribution in [-0.4, -0.2) is 26.4 Å². The number of hydrogen-bond donors (Lipinski definition) is 1. The van der Waals surface area contributed by atoms with E-state index in [9.17, 15) is 4.79 Å². The van der Waals surface area contributed by atoms with Crippen molar-refractivity contribution in [1.82, 2.24) is 19.8 Å². The van der Waals surface area contributed by atoms with Gasteiger partial charge in [-0.3, -0.25) is 9.69 Å². The number of nitrogens with zero attached hydrogens (tertiary/aromatic N) is 3. The van der Waals surface area contributed by atoms with Crippen molar-refractivity contribution in [1.29, 1.82) is 0 Å². The maximum absolute atomic E-state index is 12.3. The first-order valence-corrected chi connectivity index (χ1v) is 11.2. The highest BCUT2D eigenvalue weighted by molar-refractivity contribution is 6.31. The van der Waals surface area contributed by atoms with Crippen LogP contribution in [-0.2, 0) is 26.7 Å². The maximum atomic E-state index is 12.3. The molecule has 2 aromatic carbocycles. The van der Waals surface area contributed by atoms with E-state index in [1.807, 2.05) is 61.6 Å². The minimum Gasteiger partial charge on any atom is -0.468 e. The summed E-state index contributed by atoms with van der Waals surface area (Å²) < 4.78 is 7.70. The molecule has 0 atom stereocenters. The smallest absolute Gasteiger partial charge is 0.251 e. The summed E-state index contributed by atoms with van der Waals surface area (Å²) in [6, 6.07) is 17.8. The summed E-state index contributed by atoms with van der Waals surface area (Å²) in [5.41, 5.74) is 3.76. The Morgan fingerprint density at radius 2 is 1.97 bits per heavy atom. The number of rotatable bonds is 8. The third kappa shape index (κ3) is 4.71. The van der Waals surface area contributed by atoms with Crippen LogP contribution in [0.1, 0.15) is 40.3 Å². The number of hydrogen-bond acceptors (Lipinski definition) is 4. The lowest BCUT2D eigenvalue weighted by Gasteiger charge is -2.21. The average molecular weight is 449 g/mol. The van der Waals surface area contributed by atoms with Gasteiger partial charge in [-0.05, 0) is 60.9 Å². The van der Waals surface area contributed by atoms with Crippen LogP contribution >= 0.6 is 11.6 Å². The van der Waals surface area contributed by atoms with Gasteiger partial charge in [0.1, 0.15) is 11.6 Å². The molecule has 7 heteroatoms. The Morgan fingerprint density at radius 1 is 1.16 bits per heavy atom. The van der Waals surface area contributed by atoms with Gasteiger partial charge >= 0.3 is 0 Å². The van der Waals surface area contributed by atoms with E-state index in [0.29, 0.717) is 36.3 Å². The zero-order chi connectivity index (χ0) is 22.1. The Bertz CT molecular complexity index is 1230. The third-order valence-corrected chi connectivity index (χ3v) is 6.03. The molecule has 1 amide bonds. The molecule has 164 valence electrons. The fourth-order valence-corrected chi connectivity index (χ4v) is 4.04. The standard InChI is InChI=1S/C25H25ClN4O2/c1-29-23-11-8-19(26)13-22(23)28-24(29)16-30(15-21-3-2-12-32-21)14-17-4-6-18(7-5-17)25(31)27-20-9-10-20/h2-8,11-13,20H,9-10,14-16H2,1H3,(H,27,31). The van der Waals surface area contributed by atoms with Crippen LogP contribution in [0.25, 0.3) is 11.0 Å². The Morgan fingerprint density at radius 3 is 2.69 bits per heavy atom. The van der Waals surface area contributed by atoms with Gasteiger partial charge in [-0.25, -0.2) is 4.98 Å². The number of furan rings is 1. The largest absolute Gasteiger partial charge is 0.468 e. The van der Waals surface area contributed by atoms with E-state index in [1.54, 1.807) is 6.26 Å². The molecule has 5 rings (SSSR count). The van der Waals surface area contributed by atoms with Gasteiger partial charge in [-0.1, -0.05) is 23.7 Å². The van der Waals surface area contributed by atoms with Crippen molar-refractivity contribution in [2.45, 2.75) is 38.5 Å². The predicted octanol–water partition coefficient (Wildman–Crippen LogP) is 4.91. The van der Waals surface area contributed by atoms with E-state index >= 15 is 0 Å². The predicted molar refractivity (Wildman–Crippen MR) is 124 cm³/mol. The van der Waals surface area contributed by atoms with Crippen molar-refractivity contribution in [3.63, 3.8) is 0 Å². The number of fused-ring (bicyclic) bond motifs is 1. The summed E-state index contributed by atoms with van der Waals surface area (Å²) in [6.45, 7) is 2.00. The fraction of sp³-hybridized carbons (Fsp3) is 0.280. The fourth-order valence-electron chi connectivity index (χ4n) is 3.87. The van der Waals surface area contributed by atoms with Crippen LogP contribution in [0.2, 0.25) is 5.02 Å². The molecule has 32 heavy (non-hydrogen) atoms. The lowest BCUT2D eigenvalue weighted by Crippen LogP contribution is -2.25. The van der Waals surface area contributed by atoms with Crippen LogP contribution in [0.5, 0.6) is 0 Å². The van der Waals surface area contributed by atoms with Crippen LogP contribution < -0.4 is 5.32 Å². The van der Waals surface area contributed by atoms with E-state index < -0.39 is 0 Å².